The zero-order valence-electron chi connectivity index (χ0n) is 14.1. The van der Waals surface area contributed by atoms with Crippen LogP contribution in [0.2, 0.25) is 0 Å². The van der Waals surface area contributed by atoms with E-state index in [-0.39, 0.29) is 11.8 Å². The summed E-state index contributed by atoms with van der Waals surface area (Å²) in [6.07, 6.45) is 6.46. The van der Waals surface area contributed by atoms with E-state index in [0.717, 1.165) is 12.8 Å². The second-order valence-electron chi connectivity index (χ2n) is 6.81. The van der Waals surface area contributed by atoms with E-state index in [2.05, 4.69) is 12.1 Å². The number of carbonyl (C=O) groups excluding carboxylic acids is 2. The lowest BCUT2D eigenvalue weighted by molar-refractivity contribution is -0.148. The Kier molecular flexibility index (Phi) is 5.54. The summed E-state index contributed by atoms with van der Waals surface area (Å²) in [6, 6.07) is 10.1. The first-order chi connectivity index (χ1) is 10.9. The van der Waals surface area contributed by atoms with Crippen LogP contribution in [0.4, 0.5) is 0 Å². The summed E-state index contributed by atoms with van der Waals surface area (Å²) in [5, 5.41) is 0. The zero-order valence-corrected chi connectivity index (χ0v) is 14.1. The van der Waals surface area contributed by atoms with E-state index in [4.69, 9.17) is 4.74 Å². The number of aryl methyl sites for hydroxylation is 1. The third kappa shape index (κ3) is 4.92. The lowest BCUT2D eigenvalue weighted by Gasteiger charge is -2.21. The third-order valence-corrected chi connectivity index (χ3v) is 3.71. The number of rotatable bonds is 4. The summed E-state index contributed by atoms with van der Waals surface area (Å²) in [5.41, 5.74) is 1.19. The standard InChI is InChI=1S/C20H24O3/c1-20(2,3)19(22)23-18-14-8-13-17(21)16(18)12-7-11-15-9-5-4-6-10-15/h4-6,9-10,12,14H,7-8,11,13H2,1-3H3/b16-12+. The van der Waals surface area contributed by atoms with E-state index >= 15 is 0 Å². The molecule has 1 aliphatic carbocycles. The van der Waals surface area contributed by atoms with Gasteiger partial charge in [0.1, 0.15) is 5.76 Å². The van der Waals surface area contributed by atoms with Gasteiger partial charge in [-0.05, 0) is 51.7 Å². The largest absolute Gasteiger partial charge is 0.426 e. The molecule has 0 unspecified atom stereocenters. The lowest BCUT2D eigenvalue weighted by Crippen LogP contribution is -2.25. The minimum Gasteiger partial charge on any atom is -0.426 e. The minimum atomic E-state index is -0.587. The van der Waals surface area contributed by atoms with Crippen molar-refractivity contribution >= 4 is 11.8 Å². The fourth-order valence-corrected chi connectivity index (χ4v) is 2.31. The number of hydrogen-bond donors (Lipinski definition) is 0. The molecule has 0 bridgehead atoms. The molecule has 0 fully saturated rings. The van der Waals surface area contributed by atoms with Gasteiger partial charge in [-0.25, -0.2) is 0 Å². The Hall–Kier alpha value is -2.16. The van der Waals surface area contributed by atoms with Crippen LogP contribution in [-0.4, -0.2) is 11.8 Å². The predicted molar refractivity (Wildman–Crippen MR) is 90.7 cm³/mol. The van der Waals surface area contributed by atoms with Crippen molar-refractivity contribution < 1.29 is 14.3 Å². The van der Waals surface area contributed by atoms with Crippen LogP contribution in [0, 0.1) is 5.41 Å². The molecule has 2 rings (SSSR count). The number of esters is 1. The summed E-state index contributed by atoms with van der Waals surface area (Å²) in [5.74, 6) is 0.166. The molecule has 1 aromatic carbocycles. The Morgan fingerprint density at radius 1 is 1.22 bits per heavy atom. The highest BCUT2D eigenvalue weighted by molar-refractivity contribution is 6.00. The Morgan fingerprint density at radius 3 is 2.57 bits per heavy atom. The van der Waals surface area contributed by atoms with Gasteiger partial charge in [-0.1, -0.05) is 36.4 Å². The number of hydrogen-bond acceptors (Lipinski definition) is 3. The Labute approximate surface area is 138 Å². The highest BCUT2D eigenvalue weighted by atomic mass is 16.5. The van der Waals surface area contributed by atoms with Crippen molar-refractivity contribution in [2.45, 2.75) is 46.5 Å². The van der Waals surface area contributed by atoms with Gasteiger partial charge in [-0.3, -0.25) is 9.59 Å². The third-order valence-electron chi connectivity index (χ3n) is 3.71. The Morgan fingerprint density at radius 2 is 1.91 bits per heavy atom. The fraction of sp³-hybridized carbons (Fsp3) is 0.400. The normalized spacial score (nSPS) is 17.1. The lowest BCUT2D eigenvalue weighted by atomic mass is 9.95. The Balaban J connectivity index is 2.08. The number of Topliss-reactive ketones (excluding diaryl/α,β-unsaturated/α-hetero) is 1. The predicted octanol–water partition coefficient (Wildman–Crippen LogP) is 4.38. The number of carbonyl (C=O) groups is 2. The molecule has 0 saturated carbocycles. The maximum atomic E-state index is 12.2. The maximum Gasteiger partial charge on any atom is 0.316 e. The van der Waals surface area contributed by atoms with Gasteiger partial charge in [0.2, 0.25) is 0 Å². The smallest absolute Gasteiger partial charge is 0.316 e. The maximum absolute atomic E-state index is 12.2. The molecule has 0 saturated heterocycles. The minimum absolute atomic E-state index is 0.0530. The van der Waals surface area contributed by atoms with Gasteiger partial charge in [-0.2, -0.15) is 0 Å². The van der Waals surface area contributed by atoms with E-state index in [1.165, 1.54) is 5.56 Å². The first-order valence-electron chi connectivity index (χ1n) is 8.08. The molecule has 3 heteroatoms. The van der Waals surface area contributed by atoms with Gasteiger partial charge in [-0.15, -0.1) is 0 Å². The molecule has 0 N–H and O–H groups in total. The number of ether oxygens (including phenoxy) is 1. The van der Waals surface area contributed by atoms with Crippen LogP contribution in [0.5, 0.6) is 0 Å². The highest BCUT2D eigenvalue weighted by Gasteiger charge is 2.28. The SMILES string of the molecule is CC(C)(C)C(=O)OC1=CCCC(=O)/C1=C\CCc1ccccc1. The van der Waals surface area contributed by atoms with Gasteiger partial charge < -0.3 is 4.74 Å². The molecule has 0 radical (unpaired) electrons. The highest BCUT2D eigenvalue weighted by Crippen LogP contribution is 2.26. The molecular weight excluding hydrogens is 288 g/mol. The topological polar surface area (TPSA) is 43.4 Å². The monoisotopic (exact) mass is 312 g/mol. The van der Waals surface area contributed by atoms with Crippen molar-refractivity contribution in [2.24, 2.45) is 5.41 Å². The molecule has 0 aromatic heterocycles. The Bertz CT molecular complexity index is 631. The average molecular weight is 312 g/mol. The van der Waals surface area contributed by atoms with Gasteiger partial charge in [0.05, 0.1) is 11.0 Å². The molecule has 1 aliphatic rings. The van der Waals surface area contributed by atoms with Gasteiger partial charge in [0.25, 0.3) is 0 Å². The van der Waals surface area contributed by atoms with Crippen LogP contribution in [0.15, 0.2) is 53.8 Å². The molecule has 122 valence electrons. The number of benzene rings is 1. The van der Waals surface area contributed by atoms with Crippen molar-refractivity contribution in [1.29, 1.82) is 0 Å². The van der Waals surface area contributed by atoms with Crippen LogP contribution in [-0.2, 0) is 20.7 Å². The zero-order chi connectivity index (χ0) is 16.9. The van der Waals surface area contributed by atoms with Crippen molar-refractivity contribution in [3.63, 3.8) is 0 Å². The van der Waals surface area contributed by atoms with Crippen molar-refractivity contribution in [1.82, 2.24) is 0 Å². The summed E-state index contributed by atoms with van der Waals surface area (Å²) < 4.78 is 5.47. The molecule has 3 nitrogen and oxygen atoms in total. The first-order valence-corrected chi connectivity index (χ1v) is 8.08. The van der Waals surface area contributed by atoms with Crippen LogP contribution in [0.3, 0.4) is 0 Å². The van der Waals surface area contributed by atoms with Gasteiger partial charge in [0, 0.05) is 6.42 Å². The molecule has 0 amide bonds. The van der Waals surface area contributed by atoms with E-state index in [1.807, 2.05) is 30.4 Å². The summed E-state index contributed by atoms with van der Waals surface area (Å²) >= 11 is 0. The van der Waals surface area contributed by atoms with Crippen LogP contribution >= 0.6 is 0 Å². The van der Waals surface area contributed by atoms with E-state index in [1.54, 1.807) is 20.8 Å². The molecule has 0 atom stereocenters. The molecule has 0 aliphatic heterocycles. The number of ketones is 1. The van der Waals surface area contributed by atoms with Crippen molar-refractivity contribution in [2.75, 3.05) is 0 Å². The summed E-state index contributed by atoms with van der Waals surface area (Å²) in [6.45, 7) is 5.41. The van der Waals surface area contributed by atoms with Crippen LogP contribution < -0.4 is 0 Å². The first kappa shape index (κ1) is 17.2. The average Bonchev–Trinajstić information content (AvgIpc) is 2.50. The van der Waals surface area contributed by atoms with Crippen molar-refractivity contribution in [3.05, 3.63) is 59.4 Å². The van der Waals surface area contributed by atoms with Crippen LogP contribution in [0.1, 0.15) is 45.6 Å². The molecule has 1 aromatic rings. The summed E-state index contributed by atoms with van der Waals surface area (Å²) in [7, 11) is 0. The van der Waals surface area contributed by atoms with Crippen molar-refractivity contribution in [3.8, 4) is 0 Å². The molecule has 0 spiro atoms. The fourth-order valence-electron chi connectivity index (χ4n) is 2.31. The second-order valence-corrected chi connectivity index (χ2v) is 6.81. The van der Waals surface area contributed by atoms with Crippen LogP contribution in [0.25, 0.3) is 0 Å². The van der Waals surface area contributed by atoms with E-state index < -0.39 is 5.41 Å². The van der Waals surface area contributed by atoms with E-state index in [0.29, 0.717) is 24.2 Å². The second kappa shape index (κ2) is 7.40. The molecule has 23 heavy (non-hydrogen) atoms. The van der Waals surface area contributed by atoms with Gasteiger partial charge >= 0.3 is 5.97 Å². The summed E-state index contributed by atoms with van der Waals surface area (Å²) in [4.78, 5) is 24.3. The van der Waals surface area contributed by atoms with E-state index in [9.17, 15) is 9.59 Å². The van der Waals surface area contributed by atoms with Gasteiger partial charge in [0.15, 0.2) is 5.78 Å². The quantitative estimate of drug-likeness (QED) is 0.612. The molecular formula is C20H24O3. The molecule has 0 heterocycles. The number of allylic oxidation sites excluding steroid dienone is 3.